The first-order valence-corrected chi connectivity index (χ1v) is 7.12. The van der Waals surface area contributed by atoms with Crippen molar-refractivity contribution >= 4 is 21.6 Å². The molecule has 92 valence electrons. The molecule has 0 bridgehead atoms. The number of aryl methyl sites for hydroxylation is 1. The van der Waals surface area contributed by atoms with E-state index in [2.05, 4.69) is 32.0 Å². The van der Waals surface area contributed by atoms with Gasteiger partial charge >= 0.3 is 0 Å². The molecule has 2 aromatic rings. The van der Waals surface area contributed by atoms with Gasteiger partial charge in [-0.1, -0.05) is 26.0 Å². The van der Waals surface area contributed by atoms with Crippen molar-refractivity contribution in [2.45, 2.75) is 39.0 Å². The summed E-state index contributed by atoms with van der Waals surface area (Å²) in [6.07, 6.45) is 3.34. The van der Waals surface area contributed by atoms with Crippen LogP contribution < -0.4 is 5.73 Å². The maximum absolute atomic E-state index is 5.54. The molecule has 0 aliphatic carbocycles. The van der Waals surface area contributed by atoms with Crippen molar-refractivity contribution in [1.29, 1.82) is 0 Å². The number of aromatic nitrogens is 1. The number of nitrogens with two attached hydrogens (primary N) is 1. The summed E-state index contributed by atoms with van der Waals surface area (Å²) in [6, 6.07) is 6.51. The Bertz CT molecular complexity index is 488. The maximum Gasteiger partial charge on any atom is 0.0964 e. The minimum Gasteiger partial charge on any atom is -0.330 e. The fourth-order valence-electron chi connectivity index (χ4n) is 1.93. The molecule has 1 aromatic carbocycles. The number of hydrogen-bond donors (Lipinski definition) is 1. The third-order valence-corrected chi connectivity index (χ3v) is 4.23. The minimum absolute atomic E-state index is 0.518. The summed E-state index contributed by atoms with van der Waals surface area (Å²) in [4.78, 5) is 4.78. The van der Waals surface area contributed by atoms with Crippen LogP contribution in [0.2, 0.25) is 0 Å². The normalized spacial score (nSPS) is 11.5. The molecule has 0 unspecified atom stereocenters. The van der Waals surface area contributed by atoms with E-state index < -0.39 is 0 Å². The molecule has 0 fully saturated rings. The highest BCUT2D eigenvalue weighted by molar-refractivity contribution is 7.18. The van der Waals surface area contributed by atoms with E-state index in [4.69, 9.17) is 10.7 Å². The highest BCUT2D eigenvalue weighted by Crippen LogP contribution is 2.29. The molecule has 0 aliphatic heterocycles. The highest BCUT2D eigenvalue weighted by atomic mass is 32.1. The Morgan fingerprint density at radius 2 is 2.12 bits per heavy atom. The fraction of sp³-hybridized carbons (Fsp3) is 0.500. The quantitative estimate of drug-likeness (QED) is 0.819. The van der Waals surface area contributed by atoms with Gasteiger partial charge in [0.15, 0.2) is 0 Å². The number of thiazole rings is 1. The van der Waals surface area contributed by atoms with Crippen molar-refractivity contribution in [2.24, 2.45) is 5.73 Å². The van der Waals surface area contributed by atoms with E-state index in [1.54, 1.807) is 0 Å². The van der Waals surface area contributed by atoms with Crippen LogP contribution in [0.5, 0.6) is 0 Å². The van der Waals surface area contributed by atoms with Gasteiger partial charge in [-0.05, 0) is 37.4 Å². The molecular weight excluding hydrogens is 228 g/mol. The standard InChI is InChI=1S/C14H20N2S/c1-10(2)14-16-13-11(6-3-4-9-15)7-5-8-12(13)17-14/h5,7-8,10H,3-4,6,9,15H2,1-2H3. The Morgan fingerprint density at radius 1 is 1.29 bits per heavy atom. The molecule has 1 aromatic heterocycles. The number of nitrogens with zero attached hydrogens (tertiary/aromatic N) is 1. The van der Waals surface area contributed by atoms with Crippen molar-refractivity contribution in [3.8, 4) is 0 Å². The third-order valence-electron chi connectivity index (χ3n) is 2.91. The maximum atomic E-state index is 5.54. The molecule has 3 heteroatoms. The van der Waals surface area contributed by atoms with Gasteiger partial charge in [0.1, 0.15) is 0 Å². The monoisotopic (exact) mass is 248 g/mol. The van der Waals surface area contributed by atoms with Crippen molar-refractivity contribution in [2.75, 3.05) is 6.54 Å². The molecule has 0 saturated carbocycles. The second-order valence-corrected chi connectivity index (χ2v) is 5.78. The van der Waals surface area contributed by atoms with Crippen molar-refractivity contribution in [3.63, 3.8) is 0 Å². The fourth-order valence-corrected chi connectivity index (χ4v) is 2.95. The van der Waals surface area contributed by atoms with Gasteiger partial charge < -0.3 is 5.73 Å². The number of benzene rings is 1. The van der Waals surface area contributed by atoms with E-state index in [0.717, 1.165) is 25.8 Å². The number of rotatable bonds is 5. The van der Waals surface area contributed by atoms with Gasteiger partial charge in [0.2, 0.25) is 0 Å². The van der Waals surface area contributed by atoms with Crippen LogP contribution in [0.1, 0.15) is 43.2 Å². The van der Waals surface area contributed by atoms with Crippen LogP contribution in [0.15, 0.2) is 18.2 Å². The summed E-state index contributed by atoms with van der Waals surface area (Å²) in [5.41, 5.74) is 8.12. The Labute approximate surface area is 107 Å². The zero-order valence-corrected chi connectivity index (χ0v) is 11.4. The molecule has 1 heterocycles. The van der Waals surface area contributed by atoms with Gasteiger partial charge in [0, 0.05) is 5.92 Å². The molecular formula is C14H20N2S. The zero-order valence-electron chi connectivity index (χ0n) is 10.6. The second kappa shape index (κ2) is 5.61. The van der Waals surface area contributed by atoms with Gasteiger partial charge in [-0.25, -0.2) is 4.98 Å². The first kappa shape index (κ1) is 12.5. The van der Waals surface area contributed by atoms with E-state index in [1.165, 1.54) is 20.8 Å². The van der Waals surface area contributed by atoms with E-state index in [-0.39, 0.29) is 0 Å². The van der Waals surface area contributed by atoms with Crippen LogP contribution >= 0.6 is 11.3 Å². The van der Waals surface area contributed by atoms with E-state index >= 15 is 0 Å². The van der Waals surface area contributed by atoms with E-state index in [9.17, 15) is 0 Å². The predicted octanol–water partition coefficient (Wildman–Crippen LogP) is 3.70. The first-order valence-electron chi connectivity index (χ1n) is 6.30. The molecule has 2 nitrogen and oxygen atoms in total. The molecule has 0 amide bonds. The SMILES string of the molecule is CC(C)c1nc2c(CCCCN)cccc2s1. The van der Waals surface area contributed by atoms with Crippen LogP contribution in [-0.4, -0.2) is 11.5 Å². The molecule has 0 aliphatic rings. The average molecular weight is 248 g/mol. The van der Waals surface area contributed by atoms with Gasteiger partial charge in [0.05, 0.1) is 15.2 Å². The highest BCUT2D eigenvalue weighted by Gasteiger charge is 2.09. The lowest BCUT2D eigenvalue weighted by atomic mass is 10.1. The zero-order chi connectivity index (χ0) is 12.3. The van der Waals surface area contributed by atoms with Crippen LogP contribution in [0, 0.1) is 0 Å². The molecule has 0 saturated heterocycles. The Hall–Kier alpha value is -0.930. The summed E-state index contributed by atoms with van der Waals surface area (Å²) >= 11 is 1.82. The topological polar surface area (TPSA) is 38.9 Å². The van der Waals surface area contributed by atoms with E-state index in [1.807, 2.05) is 11.3 Å². The molecule has 0 spiro atoms. The Kier molecular flexibility index (Phi) is 4.13. The summed E-state index contributed by atoms with van der Waals surface area (Å²) in [5.74, 6) is 0.518. The van der Waals surface area contributed by atoms with Crippen molar-refractivity contribution in [1.82, 2.24) is 4.98 Å². The Morgan fingerprint density at radius 3 is 2.82 bits per heavy atom. The number of unbranched alkanes of at least 4 members (excludes halogenated alkanes) is 1. The second-order valence-electron chi connectivity index (χ2n) is 4.72. The van der Waals surface area contributed by atoms with Crippen LogP contribution in [0.4, 0.5) is 0 Å². The van der Waals surface area contributed by atoms with Gasteiger partial charge in [-0.2, -0.15) is 0 Å². The number of hydrogen-bond acceptors (Lipinski definition) is 3. The average Bonchev–Trinajstić information content (AvgIpc) is 2.74. The van der Waals surface area contributed by atoms with E-state index in [0.29, 0.717) is 5.92 Å². The third kappa shape index (κ3) is 2.85. The molecule has 0 atom stereocenters. The molecule has 2 N–H and O–H groups in total. The smallest absolute Gasteiger partial charge is 0.0964 e. The summed E-state index contributed by atoms with van der Waals surface area (Å²) in [5, 5.41) is 1.24. The van der Waals surface area contributed by atoms with Crippen LogP contribution in [0.3, 0.4) is 0 Å². The first-order chi connectivity index (χ1) is 8.22. The number of para-hydroxylation sites is 1. The molecule has 0 radical (unpaired) electrons. The van der Waals surface area contributed by atoms with Gasteiger partial charge in [-0.3, -0.25) is 0 Å². The van der Waals surface area contributed by atoms with Crippen molar-refractivity contribution in [3.05, 3.63) is 28.8 Å². The lowest BCUT2D eigenvalue weighted by Gasteiger charge is -2.01. The summed E-state index contributed by atoms with van der Waals surface area (Å²) < 4.78 is 1.32. The number of fused-ring (bicyclic) bond motifs is 1. The van der Waals surface area contributed by atoms with Gasteiger partial charge in [-0.15, -0.1) is 11.3 Å². The lowest BCUT2D eigenvalue weighted by molar-refractivity contribution is 0.746. The predicted molar refractivity (Wildman–Crippen MR) is 75.7 cm³/mol. The lowest BCUT2D eigenvalue weighted by Crippen LogP contribution is -1.99. The summed E-state index contributed by atoms with van der Waals surface area (Å²) in [6.45, 7) is 5.18. The van der Waals surface area contributed by atoms with Crippen molar-refractivity contribution < 1.29 is 0 Å². The molecule has 17 heavy (non-hydrogen) atoms. The van der Waals surface area contributed by atoms with Gasteiger partial charge in [0.25, 0.3) is 0 Å². The Balaban J connectivity index is 2.29. The van der Waals surface area contributed by atoms with Crippen LogP contribution in [-0.2, 0) is 6.42 Å². The summed E-state index contributed by atoms with van der Waals surface area (Å²) in [7, 11) is 0. The molecule has 2 rings (SSSR count). The minimum atomic E-state index is 0.518. The largest absolute Gasteiger partial charge is 0.330 e. The van der Waals surface area contributed by atoms with Crippen LogP contribution in [0.25, 0.3) is 10.2 Å².